The van der Waals surface area contributed by atoms with Crippen LogP contribution in [0.3, 0.4) is 0 Å². The van der Waals surface area contributed by atoms with Gasteiger partial charge in [-0.25, -0.2) is 0 Å². The zero-order valence-corrected chi connectivity index (χ0v) is 10.4. The lowest BCUT2D eigenvalue weighted by Crippen LogP contribution is -2.48. The first-order valence-corrected chi connectivity index (χ1v) is 6.78. The Kier molecular flexibility index (Phi) is 2.94. The van der Waals surface area contributed by atoms with Gasteiger partial charge in [-0.1, -0.05) is 6.92 Å². The van der Waals surface area contributed by atoms with Gasteiger partial charge in [0.2, 0.25) is 0 Å². The molecule has 3 aliphatic rings. The largest absolute Gasteiger partial charge is 0.380 e. The van der Waals surface area contributed by atoms with Gasteiger partial charge < -0.3 is 15.0 Å². The SMILES string of the molecule is CC1(CNCC2CCN(C3CC3)C2)COC1. The van der Waals surface area contributed by atoms with Gasteiger partial charge >= 0.3 is 0 Å². The third-order valence-electron chi connectivity index (χ3n) is 4.27. The highest BCUT2D eigenvalue weighted by atomic mass is 16.5. The summed E-state index contributed by atoms with van der Waals surface area (Å²) in [5, 5.41) is 3.64. The molecule has 0 radical (unpaired) electrons. The Bertz CT molecular complexity index is 248. The molecule has 1 N–H and O–H groups in total. The topological polar surface area (TPSA) is 24.5 Å². The van der Waals surface area contributed by atoms with Gasteiger partial charge in [0.05, 0.1) is 13.2 Å². The van der Waals surface area contributed by atoms with E-state index in [1.54, 1.807) is 0 Å². The molecule has 0 aromatic carbocycles. The van der Waals surface area contributed by atoms with Crippen LogP contribution in [0.1, 0.15) is 26.2 Å². The van der Waals surface area contributed by atoms with Gasteiger partial charge in [-0.05, 0) is 38.3 Å². The first-order chi connectivity index (χ1) is 7.75. The highest BCUT2D eigenvalue weighted by Crippen LogP contribution is 2.31. The Labute approximate surface area is 98.5 Å². The highest BCUT2D eigenvalue weighted by Gasteiger charge is 2.35. The number of ether oxygens (including phenoxy) is 1. The van der Waals surface area contributed by atoms with E-state index in [2.05, 4.69) is 17.1 Å². The van der Waals surface area contributed by atoms with Crippen molar-refractivity contribution >= 4 is 0 Å². The molecule has 3 nitrogen and oxygen atoms in total. The van der Waals surface area contributed by atoms with Gasteiger partial charge in [0.1, 0.15) is 0 Å². The minimum absolute atomic E-state index is 0.425. The molecule has 0 aromatic heterocycles. The molecular formula is C13H24N2O. The number of hydrogen-bond acceptors (Lipinski definition) is 3. The van der Waals surface area contributed by atoms with Crippen molar-refractivity contribution in [3.63, 3.8) is 0 Å². The standard InChI is InChI=1S/C13H24N2O/c1-13(9-16-10-13)8-14-6-11-4-5-15(7-11)12-2-3-12/h11-12,14H,2-10H2,1H3. The molecule has 1 unspecified atom stereocenters. The maximum Gasteiger partial charge on any atom is 0.0554 e. The van der Waals surface area contributed by atoms with Crippen LogP contribution >= 0.6 is 0 Å². The predicted molar refractivity (Wildman–Crippen MR) is 64.5 cm³/mol. The summed E-state index contributed by atoms with van der Waals surface area (Å²) in [7, 11) is 0. The fourth-order valence-corrected chi connectivity index (χ4v) is 2.93. The molecule has 0 aromatic rings. The van der Waals surface area contributed by atoms with Crippen molar-refractivity contribution in [1.29, 1.82) is 0 Å². The van der Waals surface area contributed by atoms with Gasteiger partial charge in [0.15, 0.2) is 0 Å². The Morgan fingerprint density at radius 2 is 2.12 bits per heavy atom. The third kappa shape index (κ3) is 2.41. The van der Waals surface area contributed by atoms with Crippen molar-refractivity contribution in [3.8, 4) is 0 Å². The second-order valence-electron chi connectivity index (χ2n) is 6.32. The zero-order valence-electron chi connectivity index (χ0n) is 10.4. The second-order valence-corrected chi connectivity index (χ2v) is 6.32. The molecule has 3 heteroatoms. The Hall–Kier alpha value is -0.120. The third-order valence-corrected chi connectivity index (χ3v) is 4.27. The van der Waals surface area contributed by atoms with Crippen LogP contribution < -0.4 is 5.32 Å². The fourth-order valence-electron chi connectivity index (χ4n) is 2.93. The van der Waals surface area contributed by atoms with Crippen molar-refractivity contribution < 1.29 is 4.74 Å². The fraction of sp³-hybridized carbons (Fsp3) is 1.00. The van der Waals surface area contributed by atoms with Crippen molar-refractivity contribution in [1.82, 2.24) is 10.2 Å². The highest BCUT2D eigenvalue weighted by molar-refractivity contribution is 4.90. The van der Waals surface area contributed by atoms with Crippen LogP contribution in [0.4, 0.5) is 0 Å². The van der Waals surface area contributed by atoms with E-state index in [0.717, 1.165) is 31.7 Å². The molecule has 0 spiro atoms. The van der Waals surface area contributed by atoms with Gasteiger partial charge in [0.25, 0.3) is 0 Å². The maximum absolute atomic E-state index is 5.27. The molecule has 2 aliphatic heterocycles. The van der Waals surface area contributed by atoms with E-state index in [4.69, 9.17) is 4.74 Å². The lowest BCUT2D eigenvalue weighted by atomic mass is 9.88. The monoisotopic (exact) mass is 224 g/mol. The lowest BCUT2D eigenvalue weighted by molar-refractivity contribution is -0.0991. The molecule has 1 aliphatic carbocycles. The molecule has 16 heavy (non-hydrogen) atoms. The van der Waals surface area contributed by atoms with Crippen molar-refractivity contribution in [2.45, 2.75) is 32.2 Å². The van der Waals surface area contributed by atoms with Gasteiger partial charge in [-0.2, -0.15) is 0 Å². The first kappa shape index (κ1) is 11.0. The first-order valence-electron chi connectivity index (χ1n) is 6.78. The van der Waals surface area contributed by atoms with E-state index in [1.165, 1.54) is 38.9 Å². The minimum Gasteiger partial charge on any atom is -0.380 e. The Balaban J connectivity index is 1.33. The van der Waals surface area contributed by atoms with Gasteiger partial charge in [-0.15, -0.1) is 0 Å². The normalized spacial score (nSPS) is 33.9. The van der Waals surface area contributed by atoms with Crippen molar-refractivity contribution in [2.75, 3.05) is 39.4 Å². The van der Waals surface area contributed by atoms with Crippen molar-refractivity contribution in [3.05, 3.63) is 0 Å². The number of likely N-dealkylation sites (tertiary alicyclic amines) is 1. The molecule has 92 valence electrons. The summed E-state index contributed by atoms with van der Waals surface area (Å²) < 4.78 is 5.27. The molecule has 3 fully saturated rings. The zero-order chi connectivity index (χ0) is 11.0. The molecule has 0 bridgehead atoms. The number of nitrogens with zero attached hydrogens (tertiary/aromatic N) is 1. The molecule has 2 saturated heterocycles. The summed E-state index contributed by atoms with van der Waals surface area (Å²) in [4.78, 5) is 2.69. The molecule has 0 amide bonds. The summed E-state index contributed by atoms with van der Waals surface area (Å²) in [6.07, 6.45) is 4.31. The summed E-state index contributed by atoms with van der Waals surface area (Å²) in [5.41, 5.74) is 0.425. The van der Waals surface area contributed by atoms with Crippen LogP contribution in [0.5, 0.6) is 0 Å². The smallest absolute Gasteiger partial charge is 0.0554 e. The van der Waals surface area contributed by atoms with Crippen LogP contribution in [-0.4, -0.2) is 50.3 Å². The van der Waals surface area contributed by atoms with Crippen LogP contribution in [-0.2, 0) is 4.74 Å². The second kappa shape index (κ2) is 4.28. The molecule has 1 saturated carbocycles. The van der Waals surface area contributed by atoms with Gasteiger partial charge in [0, 0.05) is 24.5 Å². The average molecular weight is 224 g/mol. The summed E-state index contributed by atoms with van der Waals surface area (Å²) in [6, 6.07) is 0.961. The van der Waals surface area contributed by atoms with Crippen LogP contribution in [0.2, 0.25) is 0 Å². The molecular weight excluding hydrogens is 200 g/mol. The summed E-state index contributed by atoms with van der Waals surface area (Å²) in [5.74, 6) is 0.894. The number of hydrogen-bond donors (Lipinski definition) is 1. The van der Waals surface area contributed by atoms with Crippen LogP contribution in [0, 0.1) is 11.3 Å². The lowest BCUT2D eigenvalue weighted by Gasteiger charge is -2.38. The van der Waals surface area contributed by atoms with Crippen LogP contribution in [0.25, 0.3) is 0 Å². The van der Waals surface area contributed by atoms with Gasteiger partial charge in [-0.3, -0.25) is 0 Å². The number of rotatable bonds is 5. The minimum atomic E-state index is 0.425. The quantitative estimate of drug-likeness (QED) is 0.757. The number of nitrogens with one attached hydrogen (secondary N) is 1. The van der Waals surface area contributed by atoms with E-state index in [9.17, 15) is 0 Å². The maximum atomic E-state index is 5.27. The van der Waals surface area contributed by atoms with E-state index in [0.29, 0.717) is 5.41 Å². The van der Waals surface area contributed by atoms with E-state index >= 15 is 0 Å². The average Bonchev–Trinajstić information content (AvgIpc) is 2.97. The van der Waals surface area contributed by atoms with E-state index in [-0.39, 0.29) is 0 Å². The molecule has 1 atom stereocenters. The van der Waals surface area contributed by atoms with Crippen LogP contribution in [0.15, 0.2) is 0 Å². The Morgan fingerprint density at radius 3 is 2.75 bits per heavy atom. The van der Waals surface area contributed by atoms with E-state index < -0.39 is 0 Å². The molecule has 2 heterocycles. The van der Waals surface area contributed by atoms with Crippen molar-refractivity contribution in [2.24, 2.45) is 11.3 Å². The Morgan fingerprint density at radius 1 is 1.31 bits per heavy atom. The molecule has 3 rings (SSSR count). The predicted octanol–water partition coefficient (Wildman–Crippen LogP) is 1.10. The van der Waals surface area contributed by atoms with E-state index in [1.807, 2.05) is 0 Å². The summed E-state index contributed by atoms with van der Waals surface area (Å²) in [6.45, 7) is 9.22. The summed E-state index contributed by atoms with van der Waals surface area (Å²) >= 11 is 0.